The van der Waals surface area contributed by atoms with E-state index < -0.39 is 0 Å². The lowest BCUT2D eigenvalue weighted by atomic mass is 9.93. The minimum atomic E-state index is 0.612. The van der Waals surface area contributed by atoms with Crippen molar-refractivity contribution in [3.05, 3.63) is 12.4 Å². The molecule has 76 valence electrons. The summed E-state index contributed by atoms with van der Waals surface area (Å²) >= 11 is 0. The van der Waals surface area contributed by atoms with E-state index in [2.05, 4.69) is 20.6 Å². The summed E-state index contributed by atoms with van der Waals surface area (Å²) in [5, 5.41) is 6.51. The van der Waals surface area contributed by atoms with Crippen molar-refractivity contribution < 1.29 is 0 Å². The van der Waals surface area contributed by atoms with Crippen LogP contribution in [0.2, 0.25) is 0 Å². The molecule has 1 aromatic heterocycles. The molecule has 0 aromatic carbocycles. The summed E-state index contributed by atoms with van der Waals surface area (Å²) in [5.41, 5.74) is 0. The summed E-state index contributed by atoms with van der Waals surface area (Å²) in [6.07, 6.45) is 7.37. The Bertz CT molecular complexity index is 296. The molecule has 4 nitrogen and oxygen atoms in total. The predicted octanol–water partition coefficient (Wildman–Crippen LogP) is 1.87. The van der Waals surface area contributed by atoms with Gasteiger partial charge in [-0.05, 0) is 26.2 Å². The van der Waals surface area contributed by atoms with Gasteiger partial charge in [-0.3, -0.25) is 4.98 Å². The van der Waals surface area contributed by atoms with Gasteiger partial charge in [0.25, 0.3) is 0 Å². The zero-order valence-corrected chi connectivity index (χ0v) is 8.45. The lowest BCUT2D eigenvalue weighted by Crippen LogP contribution is -2.27. The molecule has 0 amide bonds. The molecule has 1 saturated carbocycles. The van der Waals surface area contributed by atoms with Crippen LogP contribution in [0.4, 0.5) is 11.6 Å². The van der Waals surface area contributed by atoms with E-state index in [1.54, 1.807) is 12.4 Å². The lowest BCUT2D eigenvalue weighted by molar-refractivity contribution is 0.444. The molecule has 1 aliphatic rings. The molecule has 4 heteroatoms. The van der Waals surface area contributed by atoms with Gasteiger partial charge < -0.3 is 10.6 Å². The fraction of sp³-hybridized carbons (Fsp3) is 0.600. The Hall–Kier alpha value is -1.32. The lowest BCUT2D eigenvalue weighted by Gasteiger charge is -2.26. The number of aromatic nitrogens is 2. The van der Waals surface area contributed by atoms with Crippen molar-refractivity contribution in [3.8, 4) is 0 Å². The van der Waals surface area contributed by atoms with Crippen molar-refractivity contribution in [3.63, 3.8) is 0 Å². The molecule has 1 heterocycles. The van der Waals surface area contributed by atoms with Crippen molar-refractivity contribution >= 4 is 11.6 Å². The van der Waals surface area contributed by atoms with Crippen LogP contribution in [0.25, 0.3) is 0 Å². The van der Waals surface area contributed by atoms with Crippen LogP contribution in [0.3, 0.4) is 0 Å². The third kappa shape index (κ3) is 2.13. The fourth-order valence-electron chi connectivity index (χ4n) is 1.46. The third-order valence-electron chi connectivity index (χ3n) is 2.45. The first kappa shape index (κ1) is 9.24. The van der Waals surface area contributed by atoms with Gasteiger partial charge in [0, 0.05) is 12.6 Å². The number of nitrogens with one attached hydrogen (secondary N) is 2. The van der Waals surface area contributed by atoms with E-state index in [4.69, 9.17) is 0 Å². The van der Waals surface area contributed by atoms with Crippen molar-refractivity contribution in [2.24, 2.45) is 0 Å². The largest absolute Gasteiger partial charge is 0.369 e. The third-order valence-corrected chi connectivity index (χ3v) is 2.45. The van der Waals surface area contributed by atoms with Crippen molar-refractivity contribution in [2.75, 3.05) is 17.2 Å². The van der Waals surface area contributed by atoms with Crippen LogP contribution in [0.5, 0.6) is 0 Å². The van der Waals surface area contributed by atoms with Gasteiger partial charge in [0.15, 0.2) is 0 Å². The van der Waals surface area contributed by atoms with Gasteiger partial charge in [0.1, 0.15) is 11.6 Å². The number of hydrogen-bond acceptors (Lipinski definition) is 4. The SMILES string of the molecule is CCNc1cncc(NC2CCC2)n1. The van der Waals surface area contributed by atoms with Crippen LogP contribution in [0.1, 0.15) is 26.2 Å². The van der Waals surface area contributed by atoms with Gasteiger partial charge in [0.05, 0.1) is 12.4 Å². The molecule has 2 rings (SSSR count). The van der Waals surface area contributed by atoms with E-state index in [9.17, 15) is 0 Å². The highest BCUT2D eigenvalue weighted by Gasteiger charge is 2.17. The van der Waals surface area contributed by atoms with Crippen LogP contribution in [0.15, 0.2) is 12.4 Å². The molecule has 0 unspecified atom stereocenters. The van der Waals surface area contributed by atoms with E-state index in [0.29, 0.717) is 6.04 Å². The normalized spacial score (nSPS) is 16.1. The molecule has 2 N–H and O–H groups in total. The van der Waals surface area contributed by atoms with Crippen LogP contribution >= 0.6 is 0 Å². The summed E-state index contributed by atoms with van der Waals surface area (Å²) in [5.74, 6) is 1.73. The van der Waals surface area contributed by atoms with Gasteiger partial charge in [-0.2, -0.15) is 0 Å². The van der Waals surface area contributed by atoms with E-state index in [-0.39, 0.29) is 0 Å². The molecule has 1 aliphatic carbocycles. The average Bonchev–Trinajstić information content (AvgIpc) is 2.13. The standard InChI is InChI=1S/C10H16N4/c1-2-12-9-6-11-7-10(14-9)13-8-4-3-5-8/h6-8H,2-5H2,1H3,(H2,12,13,14). The molecule has 0 saturated heterocycles. The molecule has 1 fully saturated rings. The van der Waals surface area contributed by atoms with Gasteiger partial charge in [-0.1, -0.05) is 0 Å². The summed E-state index contributed by atoms with van der Waals surface area (Å²) in [4.78, 5) is 8.53. The first-order valence-electron chi connectivity index (χ1n) is 5.21. The predicted molar refractivity (Wildman–Crippen MR) is 57.5 cm³/mol. The van der Waals surface area contributed by atoms with E-state index in [1.807, 2.05) is 6.92 Å². The van der Waals surface area contributed by atoms with Crippen LogP contribution in [0, 0.1) is 0 Å². The summed E-state index contributed by atoms with van der Waals surface area (Å²) in [6.45, 7) is 2.93. The molecular weight excluding hydrogens is 176 g/mol. The number of anilines is 2. The second kappa shape index (κ2) is 4.26. The maximum Gasteiger partial charge on any atom is 0.147 e. The highest BCUT2D eigenvalue weighted by Crippen LogP contribution is 2.22. The number of nitrogens with zero attached hydrogens (tertiary/aromatic N) is 2. The zero-order chi connectivity index (χ0) is 9.80. The molecule has 14 heavy (non-hydrogen) atoms. The Morgan fingerprint density at radius 1 is 1.36 bits per heavy atom. The summed E-state index contributed by atoms with van der Waals surface area (Å²) < 4.78 is 0. The second-order valence-corrected chi connectivity index (χ2v) is 3.59. The summed E-state index contributed by atoms with van der Waals surface area (Å²) in [7, 11) is 0. The zero-order valence-electron chi connectivity index (χ0n) is 8.45. The van der Waals surface area contributed by atoms with Gasteiger partial charge >= 0.3 is 0 Å². The molecule has 0 radical (unpaired) electrons. The van der Waals surface area contributed by atoms with Crippen LogP contribution in [-0.4, -0.2) is 22.6 Å². The van der Waals surface area contributed by atoms with E-state index in [0.717, 1.165) is 18.2 Å². The fourth-order valence-corrected chi connectivity index (χ4v) is 1.46. The highest BCUT2D eigenvalue weighted by molar-refractivity contribution is 5.42. The monoisotopic (exact) mass is 192 g/mol. The Kier molecular flexibility index (Phi) is 2.81. The maximum absolute atomic E-state index is 4.40. The van der Waals surface area contributed by atoms with Crippen molar-refractivity contribution in [1.82, 2.24) is 9.97 Å². The molecule has 1 aromatic rings. The van der Waals surface area contributed by atoms with E-state index in [1.165, 1.54) is 19.3 Å². The quantitative estimate of drug-likeness (QED) is 0.764. The first-order chi connectivity index (χ1) is 6.88. The molecule has 0 bridgehead atoms. The Labute approximate surface area is 84.2 Å². The topological polar surface area (TPSA) is 49.8 Å². The maximum atomic E-state index is 4.40. The van der Waals surface area contributed by atoms with Gasteiger partial charge in [-0.15, -0.1) is 0 Å². The van der Waals surface area contributed by atoms with E-state index >= 15 is 0 Å². The molecule has 0 atom stereocenters. The van der Waals surface area contributed by atoms with Gasteiger partial charge in [0.2, 0.25) is 0 Å². The molecular formula is C10H16N4. The number of rotatable bonds is 4. The Morgan fingerprint density at radius 3 is 2.79 bits per heavy atom. The smallest absolute Gasteiger partial charge is 0.147 e. The molecule has 0 spiro atoms. The van der Waals surface area contributed by atoms with Crippen molar-refractivity contribution in [1.29, 1.82) is 0 Å². The average molecular weight is 192 g/mol. The highest BCUT2D eigenvalue weighted by atomic mass is 15.1. The second-order valence-electron chi connectivity index (χ2n) is 3.59. The Balaban J connectivity index is 1.97. The number of hydrogen-bond donors (Lipinski definition) is 2. The van der Waals surface area contributed by atoms with Gasteiger partial charge in [-0.25, -0.2) is 4.98 Å². The first-order valence-corrected chi connectivity index (χ1v) is 5.21. The minimum Gasteiger partial charge on any atom is -0.369 e. The molecule has 0 aliphatic heterocycles. The van der Waals surface area contributed by atoms with Crippen LogP contribution < -0.4 is 10.6 Å². The minimum absolute atomic E-state index is 0.612. The Morgan fingerprint density at radius 2 is 2.14 bits per heavy atom. The van der Waals surface area contributed by atoms with Crippen molar-refractivity contribution in [2.45, 2.75) is 32.2 Å². The van der Waals surface area contributed by atoms with Crippen LogP contribution in [-0.2, 0) is 0 Å². The summed E-state index contributed by atoms with van der Waals surface area (Å²) in [6, 6.07) is 0.612.